The number of hydrogen-bond acceptors (Lipinski definition) is 3. The standard InChI is InChI=1S/C9H15N3O/c1-6-8-7(12-11-6)3-2-4-9(8,10)5-13/h13H,2-5,10H2,1H3,(H,11,12). The van der Waals surface area contributed by atoms with E-state index in [0.29, 0.717) is 0 Å². The van der Waals surface area contributed by atoms with Gasteiger partial charge in [-0.2, -0.15) is 5.10 Å². The first-order valence-corrected chi connectivity index (χ1v) is 4.61. The Bertz CT molecular complexity index is 321. The van der Waals surface area contributed by atoms with Gasteiger partial charge in [0.1, 0.15) is 0 Å². The van der Waals surface area contributed by atoms with Crippen LogP contribution in [0.25, 0.3) is 0 Å². The fraction of sp³-hybridized carbons (Fsp3) is 0.667. The fourth-order valence-electron chi connectivity index (χ4n) is 2.18. The van der Waals surface area contributed by atoms with E-state index in [1.54, 1.807) is 0 Å². The van der Waals surface area contributed by atoms with Crippen molar-refractivity contribution in [1.29, 1.82) is 0 Å². The molecule has 72 valence electrons. The minimum absolute atomic E-state index is 0.000370. The third-order valence-corrected chi connectivity index (χ3v) is 2.84. The van der Waals surface area contributed by atoms with E-state index in [4.69, 9.17) is 5.73 Å². The molecule has 1 aliphatic rings. The highest BCUT2D eigenvalue weighted by Gasteiger charge is 2.35. The lowest BCUT2D eigenvalue weighted by Crippen LogP contribution is -2.43. The summed E-state index contributed by atoms with van der Waals surface area (Å²) in [4.78, 5) is 0. The number of aliphatic hydroxyl groups excluding tert-OH is 1. The number of fused-ring (bicyclic) bond motifs is 1. The summed E-state index contributed by atoms with van der Waals surface area (Å²) < 4.78 is 0. The molecule has 0 aromatic carbocycles. The first-order chi connectivity index (χ1) is 6.17. The van der Waals surface area contributed by atoms with Gasteiger partial charge in [0.15, 0.2) is 0 Å². The number of H-pyrrole nitrogens is 1. The third kappa shape index (κ3) is 1.17. The summed E-state index contributed by atoms with van der Waals surface area (Å²) in [6, 6.07) is 0. The molecule has 0 spiro atoms. The Morgan fingerprint density at radius 1 is 1.69 bits per heavy atom. The number of aryl methyl sites for hydroxylation is 2. The average Bonchev–Trinajstić information content (AvgIpc) is 2.50. The first kappa shape index (κ1) is 8.72. The quantitative estimate of drug-likeness (QED) is 0.579. The third-order valence-electron chi connectivity index (χ3n) is 2.84. The highest BCUT2D eigenvalue weighted by Crippen LogP contribution is 2.33. The van der Waals surface area contributed by atoms with Gasteiger partial charge in [-0.05, 0) is 26.2 Å². The summed E-state index contributed by atoms with van der Waals surface area (Å²) in [6.45, 7) is 1.95. The van der Waals surface area contributed by atoms with Gasteiger partial charge in [-0.25, -0.2) is 0 Å². The summed E-state index contributed by atoms with van der Waals surface area (Å²) in [5, 5.41) is 16.4. The van der Waals surface area contributed by atoms with Crippen molar-refractivity contribution < 1.29 is 5.11 Å². The number of nitrogens with one attached hydrogen (secondary N) is 1. The van der Waals surface area contributed by atoms with Crippen molar-refractivity contribution in [2.45, 2.75) is 31.7 Å². The summed E-state index contributed by atoms with van der Waals surface area (Å²) in [5.74, 6) is 0. The minimum Gasteiger partial charge on any atom is -0.394 e. The molecule has 1 unspecified atom stereocenters. The number of nitrogens with zero attached hydrogens (tertiary/aromatic N) is 1. The van der Waals surface area contributed by atoms with Gasteiger partial charge in [-0.1, -0.05) is 0 Å². The molecular formula is C9H15N3O. The lowest BCUT2D eigenvalue weighted by Gasteiger charge is -2.31. The molecule has 0 radical (unpaired) electrons. The molecule has 13 heavy (non-hydrogen) atoms. The lowest BCUT2D eigenvalue weighted by atomic mass is 9.80. The maximum Gasteiger partial charge on any atom is 0.0680 e. The van der Waals surface area contributed by atoms with E-state index in [9.17, 15) is 5.11 Å². The van der Waals surface area contributed by atoms with Crippen LogP contribution in [0.2, 0.25) is 0 Å². The van der Waals surface area contributed by atoms with Crippen LogP contribution in [0.1, 0.15) is 29.8 Å². The van der Waals surface area contributed by atoms with Crippen molar-refractivity contribution in [3.8, 4) is 0 Å². The summed E-state index contributed by atoms with van der Waals surface area (Å²) in [7, 11) is 0. The molecule has 1 aromatic rings. The van der Waals surface area contributed by atoms with E-state index in [1.165, 1.54) is 0 Å². The molecule has 0 fully saturated rings. The Labute approximate surface area is 77.1 Å². The molecule has 4 N–H and O–H groups in total. The van der Waals surface area contributed by atoms with E-state index in [2.05, 4.69) is 10.2 Å². The SMILES string of the molecule is Cc1[nH]nc2c1C(N)(CO)CCC2. The number of nitrogens with two attached hydrogens (primary N) is 1. The summed E-state index contributed by atoms with van der Waals surface area (Å²) in [5.41, 5.74) is 8.59. The fourth-order valence-corrected chi connectivity index (χ4v) is 2.18. The van der Waals surface area contributed by atoms with E-state index in [0.717, 1.165) is 36.2 Å². The van der Waals surface area contributed by atoms with Crippen LogP contribution in [0.5, 0.6) is 0 Å². The second-order valence-electron chi connectivity index (χ2n) is 3.84. The van der Waals surface area contributed by atoms with Crippen molar-refractivity contribution in [1.82, 2.24) is 10.2 Å². The molecule has 1 heterocycles. The van der Waals surface area contributed by atoms with Crippen molar-refractivity contribution in [3.63, 3.8) is 0 Å². The molecule has 1 aromatic heterocycles. The topological polar surface area (TPSA) is 74.9 Å². The lowest BCUT2D eigenvalue weighted by molar-refractivity contribution is 0.178. The Morgan fingerprint density at radius 3 is 3.15 bits per heavy atom. The maximum absolute atomic E-state index is 9.27. The number of aromatic amines is 1. The van der Waals surface area contributed by atoms with Crippen molar-refractivity contribution in [2.75, 3.05) is 6.61 Å². The number of rotatable bonds is 1. The summed E-state index contributed by atoms with van der Waals surface area (Å²) in [6.07, 6.45) is 2.82. The van der Waals surface area contributed by atoms with Crippen molar-refractivity contribution in [2.24, 2.45) is 5.73 Å². The number of aromatic nitrogens is 2. The van der Waals surface area contributed by atoms with Gasteiger partial charge in [0.05, 0.1) is 17.8 Å². The van der Waals surface area contributed by atoms with Crippen LogP contribution in [0.15, 0.2) is 0 Å². The van der Waals surface area contributed by atoms with E-state index in [-0.39, 0.29) is 6.61 Å². The predicted molar refractivity (Wildman–Crippen MR) is 49.2 cm³/mol. The molecule has 1 aliphatic carbocycles. The molecule has 4 nitrogen and oxygen atoms in total. The molecule has 2 rings (SSSR count). The molecule has 0 bridgehead atoms. The highest BCUT2D eigenvalue weighted by atomic mass is 16.3. The van der Waals surface area contributed by atoms with Gasteiger partial charge >= 0.3 is 0 Å². The molecule has 0 saturated heterocycles. The molecule has 0 amide bonds. The predicted octanol–water partition coefficient (Wildman–Crippen LogP) is 0.201. The van der Waals surface area contributed by atoms with E-state index in [1.807, 2.05) is 6.92 Å². The molecular weight excluding hydrogens is 166 g/mol. The van der Waals surface area contributed by atoms with Gasteiger partial charge in [0, 0.05) is 11.3 Å². The Balaban J connectivity index is 2.52. The normalized spacial score (nSPS) is 27.3. The smallest absolute Gasteiger partial charge is 0.0680 e. The van der Waals surface area contributed by atoms with Gasteiger partial charge in [0.25, 0.3) is 0 Å². The average molecular weight is 181 g/mol. The van der Waals surface area contributed by atoms with Gasteiger partial charge in [-0.3, -0.25) is 5.10 Å². The Hall–Kier alpha value is -0.870. The molecule has 1 atom stereocenters. The zero-order valence-corrected chi connectivity index (χ0v) is 7.80. The van der Waals surface area contributed by atoms with Crippen LogP contribution in [-0.2, 0) is 12.0 Å². The monoisotopic (exact) mass is 181 g/mol. The zero-order valence-electron chi connectivity index (χ0n) is 7.80. The summed E-state index contributed by atoms with van der Waals surface area (Å²) >= 11 is 0. The molecule has 0 aliphatic heterocycles. The van der Waals surface area contributed by atoms with Gasteiger partial charge in [-0.15, -0.1) is 0 Å². The van der Waals surface area contributed by atoms with E-state index >= 15 is 0 Å². The maximum atomic E-state index is 9.27. The Kier molecular flexibility index (Phi) is 1.89. The molecule has 0 saturated carbocycles. The van der Waals surface area contributed by atoms with Crippen LogP contribution < -0.4 is 5.73 Å². The van der Waals surface area contributed by atoms with Gasteiger partial charge in [0.2, 0.25) is 0 Å². The Morgan fingerprint density at radius 2 is 2.46 bits per heavy atom. The van der Waals surface area contributed by atoms with Crippen LogP contribution in [0.3, 0.4) is 0 Å². The van der Waals surface area contributed by atoms with Crippen molar-refractivity contribution >= 4 is 0 Å². The minimum atomic E-state index is -0.565. The van der Waals surface area contributed by atoms with Crippen LogP contribution in [0.4, 0.5) is 0 Å². The highest BCUT2D eigenvalue weighted by molar-refractivity contribution is 5.34. The second-order valence-corrected chi connectivity index (χ2v) is 3.84. The van der Waals surface area contributed by atoms with E-state index < -0.39 is 5.54 Å². The van der Waals surface area contributed by atoms with Crippen molar-refractivity contribution in [3.05, 3.63) is 17.0 Å². The van der Waals surface area contributed by atoms with Crippen LogP contribution >= 0.6 is 0 Å². The number of aliphatic hydroxyl groups is 1. The van der Waals surface area contributed by atoms with Crippen LogP contribution in [0, 0.1) is 6.92 Å². The first-order valence-electron chi connectivity index (χ1n) is 4.61. The second kappa shape index (κ2) is 2.82. The van der Waals surface area contributed by atoms with Crippen LogP contribution in [-0.4, -0.2) is 21.9 Å². The largest absolute Gasteiger partial charge is 0.394 e. The molecule has 4 heteroatoms. The van der Waals surface area contributed by atoms with Gasteiger partial charge < -0.3 is 10.8 Å². The number of hydrogen-bond donors (Lipinski definition) is 3. The zero-order chi connectivity index (χ0) is 9.47.